The summed E-state index contributed by atoms with van der Waals surface area (Å²) in [5, 5.41) is 2.05. The number of fused-ring (bicyclic) bond motifs is 4. The Morgan fingerprint density at radius 2 is 1.81 bits per heavy atom. The molecule has 7 heteroatoms. The topological polar surface area (TPSA) is 82.1 Å². The normalized spacial score (nSPS) is 23.9. The maximum absolute atomic E-state index is 14.2. The summed E-state index contributed by atoms with van der Waals surface area (Å²) < 4.78 is 16.1. The highest BCUT2D eigenvalue weighted by molar-refractivity contribution is 6.18. The third-order valence-corrected chi connectivity index (χ3v) is 8.21. The van der Waals surface area contributed by atoms with Crippen LogP contribution in [0.25, 0.3) is 10.8 Å². The Morgan fingerprint density at radius 3 is 2.62 bits per heavy atom. The number of ether oxygens (including phenoxy) is 3. The number of Topliss-reactive ketones (excluding diaryl/α,β-unsaturated/α-hetero) is 2. The van der Waals surface area contributed by atoms with Crippen molar-refractivity contribution in [3.63, 3.8) is 0 Å². The highest BCUT2D eigenvalue weighted by atomic mass is 16.7. The summed E-state index contributed by atoms with van der Waals surface area (Å²) >= 11 is 0. The van der Waals surface area contributed by atoms with E-state index in [0.29, 0.717) is 18.0 Å². The molecule has 0 aromatic heterocycles. The van der Waals surface area contributed by atoms with Crippen LogP contribution in [0.1, 0.15) is 31.4 Å². The number of benzene rings is 3. The number of hydrogen-bond acceptors (Lipinski definition) is 7. The van der Waals surface area contributed by atoms with Gasteiger partial charge in [0.15, 0.2) is 17.3 Å². The Balaban J connectivity index is 1.49. The summed E-state index contributed by atoms with van der Waals surface area (Å²) in [6.07, 6.45) is 0.402. The quantitative estimate of drug-likeness (QED) is 0.388. The molecule has 37 heavy (non-hydrogen) atoms. The first-order valence-corrected chi connectivity index (χ1v) is 12.5. The van der Waals surface area contributed by atoms with Crippen LogP contribution in [-0.4, -0.2) is 38.0 Å². The molecule has 1 saturated carbocycles. The van der Waals surface area contributed by atoms with Crippen LogP contribution in [0.15, 0.2) is 54.6 Å². The van der Waals surface area contributed by atoms with Crippen molar-refractivity contribution in [2.24, 2.45) is 16.7 Å². The Hall–Kier alpha value is -3.87. The predicted octanol–water partition coefficient (Wildman–Crippen LogP) is 4.47. The Labute approximate surface area is 215 Å². The van der Waals surface area contributed by atoms with Gasteiger partial charge < -0.3 is 19.1 Å². The number of rotatable bonds is 3. The lowest BCUT2D eigenvalue weighted by molar-refractivity contribution is -0.165. The molecule has 0 saturated heterocycles. The maximum Gasteiger partial charge on any atom is 0.316 e. The standard InChI is InChI=1S/C30H29NO6/c1-29(2)14-25(32)30(27(33)26(29)28(34)35-3)13-21-20-7-5-4-6-19(20)9-10-22(21)31(16-30)15-18-8-11-23-24(12-18)37-17-36-23/h4-12,26H,13-17H2,1-3H3. The lowest BCUT2D eigenvalue weighted by Gasteiger charge is -2.49. The van der Waals surface area contributed by atoms with E-state index in [0.717, 1.165) is 27.6 Å². The van der Waals surface area contributed by atoms with Crippen molar-refractivity contribution in [3.8, 4) is 11.5 Å². The molecule has 3 aromatic rings. The molecule has 0 radical (unpaired) electrons. The van der Waals surface area contributed by atoms with E-state index in [4.69, 9.17) is 14.2 Å². The van der Waals surface area contributed by atoms with Crippen LogP contribution in [-0.2, 0) is 32.1 Å². The fourth-order valence-electron chi connectivity index (χ4n) is 6.33. The number of esters is 1. The summed E-state index contributed by atoms with van der Waals surface area (Å²) in [6, 6.07) is 17.9. The van der Waals surface area contributed by atoms with Gasteiger partial charge in [0.25, 0.3) is 0 Å². The second-order valence-corrected chi connectivity index (χ2v) is 11.0. The first-order valence-electron chi connectivity index (χ1n) is 12.5. The third-order valence-electron chi connectivity index (χ3n) is 8.21. The van der Waals surface area contributed by atoms with Crippen LogP contribution in [0.5, 0.6) is 11.5 Å². The van der Waals surface area contributed by atoms with Crippen molar-refractivity contribution in [1.82, 2.24) is 0 Å². The van der Waals surface area contributed by atoms with Crippen LogP contribution in [0, 0.1) is 16.7 Å². The first-order chi connectivity index (χ1) is 17.7. The van der Waals surface area contributed by atoms with Crippen molar-refractivity contribution >= 4 is 34.0 Å². The SMILES string of the molecule is COC(=O)C1C(=O)C2(Cc3c(ccc4ccccc34)N(Cc3ccc4c(c3)OCO4)C2)C(=O)CC1(C)C. The van der Waals surface area contributed by atoms with Gasteiger partial charge in [0, 0.05) is 25.2 Å². The highest BCUT2D eigenvalue weighted by Gasteiger charge is 2.61. The van der Waals surface area contributed by atoms with Gasteiger partial charge in [-0.2, -0.15) is 0 Å². The summed E-state index contributed by atoms with van der Waals surface area (Å²) in [5.74, 6) is -0.648. The van der Waals surface area contributed by atoms with Crippen molar-refractivity contribution in [3.05, 3.63) is 65.7 Å². The molecule has 190 valence electrons. The number of nitrogens with zero attached hydrogens (tertiary/aromatic N) is 1. The van der Waals surface area contributed by atoms with Gasteiger partial charge in [-0.1, -0.05) is 50.2 Å². The summed E-state index contributed by atoms with van der Waals surface area (Å²) in [7, 11) is 1.30. The summed E-state index contributed by atoms with van der Waals surface area (Å²) in [6.45, 7) is 4.46. The molecular weight excluding hydrogens is 470 g/mol. The lowest BCUT2D eigenvalue weighted by Crippen LogP contribution is -2.62. The van der Waals surface area contributed by atoms with Crippen molar-refractivity contribution in [2.45, 2.75) is 33.2 Å². The Kier molecular flexibility index (Phi) is 5.30. The minimum atomic E-state index is -1.33. The fraction of sp³-hybridized carbons (Fsp3) is 0.367. The zero-order chi connectivity index (χ0) is 25.9. The molecule has 6 rings (SSSR count). The number of anilines is 1. The molecule has 3 aliphatic rings. The smallest absolute Gasteiger partial charge is 0.316 e. The molecule has 1 aliphatic carbocycles. The number of carbonyl (C=O) groups excluding carboxylic acids is 3. The van der Waals surface area contributed by atoms with E-state index in [9.17, 15) is 14.4 Å². The van der Waals surface area contributed by atoms with Crippen molar-refractivity contribution < 1.29 is 28.6 Å². The van der Waals surface area contributed by atoms with Crippen molar-refractivity contribution in [1.29, 1.82) is 0 Å². The molecule has 2 unspecified atom stereocenters. The van der Waals surface area contributed by atoms with Crippen LogP contribution < -0.4 is 14.4 Å². The van der Waals surface area contributed by atoms with Gasteiger partial charge in [-0.15, -0.1) is 0 Å². The number of carbonyl (C=O) groups is 3. The largest absolute Gasteiger partial charge is 0.468 e. The minimum absolute atomic E-state index is 0.114. The minimum Gasteiger partial charge on any atom is -0.468 e. The van der Waals surface area contributed by atoms with Crippen LogP contribution in [0.2, 0.25) is 0 Å². The van der Waals surface area contributed by atoms with E-state index in [2.05, 4.69) is 17.0 Å². The van der Waals surface area contributed by atoms with Gasteiger partial charge in [0.2, 0.25) is 6.79 Å². The molecular formula is C30H29NO6. The summed E-state index contributed by atoms with van der Waals surface area (Å²) in [4.78, 5) is 43.1. The second kappa shape index (κ2) is 8.33. The number of ketones is 2. The fourth-order valence-corrected chi connectivity index (χ4v) is 6.33. The lowest BCUT2D eigenvalue weighted by atomic mass is 9.55. The van der Waals surface area contributed by atoms with E-state index >= 15 is 0 Å². The van der Waals surface area contributed by atoms with E-state index in [-0.39, 0.29) is 37.7 Å². The molecule has 0 amide bonds. The van der Waals surface area contributed by atoms with Crippen LogP contribution in [0.3, 0.4) is 0 Å². The molecule has 1 spiro atoms. The van der Waals surface area contributed by atoms with Gasteiger partial charge in [-0.05, 0) is 51.9 Å². The zero-order valence-corrected chi connectivity index (χ0v) is 21.2. The second-order valence-electron chi connectivity index (χ2n) is 11.0. The molecule has 2 aliphatic heterocycles. The van der Waals surface area contributed by atoms with Crippen LogP contribution >= 0.6 is 0 Å². The molecule has 2 heterocycles. The van der Waals surface area contributed by atoms with Crippen LogP contribution in [0.4, 0.5) is 5.69 Å². The van der Waals surface area contributed by atoms with Gasteiger partial charge >= 0.3 is 5.97 Å². The first kappa shape index (κ1) is 23.5. The highest BCUT2D eigenvalue weighted by Crippen LogP contribution is 2.51. The average molecular weight is 500 g/mol. The molecule has 0 bridgehead atoms. The zero-order valence-electron chi connectivity index (χ0n) is 21.2. The van der Waals surface area contributed by atoms with Gasteiger partial charge in [0.1, 0.15) is 17.1 Å². The average Bonchev–Trinajstić information content (AvgIpc) is 3.35. The van der Waals surface area contributed by atoms with E-state index in [1.807, 2.05) is 42.5 Å². The number of hydrogen-bond donors (Lipinski definition) is 0. The summed E-state index contributed by atoms with van der Waals surface area (Å²) in [5.41, 5.74) is 0.772. The molecule has 1 fully saturated rings. The Bertz CT molecular complexity index is 1460. The van der Waals surface area contributed by atoms with E-state index in [1.54, 1.807) is 13.8 Å². The number of methoxy groups -OCH3 is 1. The molecule has 3 aromatic carbocycles. The molecule has 2 atom stereocenters. The molecule has 0 N–H and O–H groups in total. The molecule has 7 nitrogen and oxygen atoms in total. The van der Waals surface area contributed by atoms with E-state index in [1.165, 1.54) is 7.11 Å². The van der Waals surface area contributed by atoms with E-state index < -0.39 is 22.7 Å². The Morgan fingerprint density at radius 1 is 1.03 bits per heavy atom. The monoisotopic (exact) mass is 499 g/mol. The van der Waals surface area contributed by atoms with Gasteiger partial charge in [-0.3, -0.25) is 14.4 Å². The van der Waals surface area contributed by atoms with Crippen molar-refractivity contribution in [2.75, 3.05) is 25.3 Å². The maximum atomic E-state index is 14.2. The van der Waals surface area contributed by atoms with Gasteiger partial charge in [-0.25, -0.2) is 0 Å². The third kappa shape index (κ3) is 3.59. The van der Waals surface area contributed by atoms with Gasteiger partial charge in [0.05, 0.1) is 7.11 Å². The predicted molar refractivity (Wildman–Crippen MR) is 138 cm³/mol.